The molecule has 1 aliphatic carbocycles. The normalized spacial score (nSPS) is 32.1. The van der Waals surface area contributed by atoms with Gasteiger partial charge in [0.25, 0.3) is 10.2 Å². The molecule has 7 heteroatoms. The zero-order valence-electron chi connectivity index (χ0n) is 11.8. The largest absolute Gasteiger partial charge is 0.327 e. The zero-order valence-corrected chi connectivity index (χ0v) is 13.4. The van der Waals surface area contributed by atoms with Crippen LogP contribution in [0.15, 0.2) is 0 Å². The molecule has 2 aliphatic rings. The van der Waals surface area contributed by atoms with Gasteiger partial charge in [-0.1, -0.05) is 20.3 Å². The topological polar surface area (TPSA) is 66.6 Å². The average molecular weight is 312 g/mol. The number of nitrogens with zero attached hydrogens (tertiary/aromatic N) is 2. The van der Waals surface area contributed by atoms with Crippen LogP contribution in [0.2, 0.25) is 0 Å². The van der Waals surface area contributed by atoms with Crippen LogP contribution in [0.1, 0.15) is 33.1 Å². The van der Waals surface area contributed by atoms with Gasteiger partial charge in [0, 0.05) is 32.2 Å². The third-order valence-corrected chi connectivity index (χ3v) is 6.60. The van der Waals surface area contributed by atoms with Gasteiger partial charge in [-0.25, -0.2) is 0 Å². The Hall–Kier alpha value is 0.120. The molecular formula is C12H26ClN3O2S. The Morgan fingerprint density at radius 2 is 1.84 bits per heavy atom. The standard InChI is InChI=1S/C12H25N3O2S.ClH/c1-3-14(4-2)18(16,17)15-8-10-6-5-7-12(13)11(10)9-15;/h10-12H,3-9,13H2,1-2H3;1H. The molecule has 3 atom stereocenters. The van der Waals surface area contributed by atoms with Crippen LogP contribution in [0, 0.1) is 11.8 Å². The molecule has 5 nitrogen and oxygen atoms in total. The van der Waals surface area contributed by atoms with Crippen molar-refractivity contribution in [3.63, 3.8) is 0 Å². The van der Waals surface area contributed by atoms with Gasteiger partial charge in [-0.3, -0.25) is 0 Å². The number of halogens is 1. The second kappa shape index (κ2) is 6.72. The fraction of sp³-hybridized carbons (Fsp3) is 1.00. The minimum atomic E-state index is -3.27. The molecule has 1 aliphatic heterocycles. The second-order valence-electron chi connectivity index (χ2n) is 5.43. The van der Waals surface area contributed by atoms with E-state index < -0.39 is 10.2 Å². The molecule has 114 valence electrons. The number of rotatable bonds is 4. The molecule has 0 radical (unpaired) electrons. The average Bonchev–Trinajstić information content (AvgIpc) is 2.76. The highest BCUT2D eigenvalue weighted by atomic mass is 35.5. The van der Waals surface area contributed by atoms with Crippen molar-refractivity contribution in [2.75, 3.05) is 26.2 Å². The summed E-state index contributed by atoms with van der Waals surface area (Å²) in [4.78, 5) is 0. The van der Waals surface area contributed by atoms with E-state index in [0.29, 0.717) is 38.0 Å². The van der Waals surface area contributed by atoms with Crippen LogP contribution < -0.4 is 5.73 Å². The Morgan fingerprint density at radius 3 is 2.37 bits per heavy atom. The van der Waals surface area contributed by atoms with Crippen LogP contribution in [-0.2, 0) is 10.2 Å². The van der Waals surface area contributed by atoms with E-state index in [0.717, 1.165) is 19.3 Å². The minimum Gasteiger partial charge on any atom is -0.327 e. The summed E-state index contributed by atoms with van der Waals surface area (Å²) < 4.78 is 28.1. The van der Waals surface area contributed by atoms with E-state index in [1.165, 1.54) is 4.31 Å². The first-order valence-electron chi connectivity index (χ1n) is 7.01. The molecule has 1 saturated heterocycles. The van der Waals surface area contributed by atoms with Crippen molar-refractivity contribution in [1.29, 1.82) is 0 Å². The number of hydrogen-bond acceptors (Lipinski definition) is 3. The Labute approximate surface area is 123 Å². The molecule has 0 aromatic carbocycles. The first kappa shape index (κ1) is 17.2. The lowest BCUT2D eigenvalue weighted by Gasteiger charge is -2.29. The van der Waals surface area contributed by atoms with Gasteiger partial charge in [-0.15, -0.1) is 12.4 Å². The van der Waals surface area contributed by atoms with Crippen LogP contribution in [0.25, 0.3) is 0 Å². The van der Waals surface area contributed by atoms with Crippen LogP contribution in [0.5, 0.6) is 0 Å². The monoisotopic (exact) mass is 311 g/mol. The summed E-state index contributed by atoms with van der Waals surface area (Å²) in [5.41, 5.74) is 6.13. The third kappa shape index (κ3) is 3.24. The van der Waals surface area contributed by atoms with Crippen molar-refractivity contribution in [1.82, 2.24) is 8.61 Å². The van der Waals surface area contributed by atoms with Crippen LogP contribution >= 0.6 is 12.4 Å². The SMILES string of the molecule is CCN(CC)S(=O)(=O)N1CC2CCCC(N)C2C1.Cl. The molecule has 1 heterocycles. The van der Waals surface area contributed by atoms with E-state index in [4.69, 9.17) is 5.73 Å². The molecule has 1 saturated carbocycles. The molecule has 3 unspecified atom stereocenters. The van der Waals surface area contributed by atoms with Gasteiger partial charge in [0.05, 0.1) is 0 Å². The molecule has 2 fully saturated rings. The van der Waals surface area contributed by atoms with Gasteiger partial charge in [0.1, 0.15) is 0 Å². The molecule has 19 heavy (non-hydrogen) atoms. The van der Waals surface area contributed by atoms with Crippen LogP contribution in [0.3, 0.4) is 0 Å². The third-order valence-electron chi connectivity index (χ3n) is 4.48. The summed E-state index contributed by atoms with van der Waals surface area (Å²) in [6.07, 6.45) is 3.31. The summed E-state index contributed by atoms with van der Waals surface area (Å²) in [7, 11) is -3.27. The number of fused-ring (bicyclic) bond motifs is 1. The van der Waals surface area contributed by atoms with E-state index in [2.05, 4.69) is 0 Å². The van der Waals surface area contributed by atoms with E-state index in [9.17, 15) is 8.42 Å². The van der Waals surface area contributed by atoms with Crippen molar-refractivity contribution in [3.8, 4) is 0 Å². The van der Waals surface area contributed by atoms with E-state index in [1.54, 1.807) is 4.31 Å². The van der Waals surface area contributed by atoms with E-state index in [1.807, 2.05) is 13.8 Å². The predicted molar refractivity (Wildman–Crippen MR) is 79.5 cm³/mol. The van der Waals surface area contributed by atoms with E-state index in [-0.39, 0.29) is 18.4 Å². The summed E-state index contributed by atoms with van der Waals surface area (Å²) in [6, 6.07) is 0.181. The molecule has 0 spiro atoms. The van der Waals surface area contributed by atoms with Gasteiger partial charge >= 0.3 is 0 Å². The van der Waals surface area contributed by atoms with Crippen molar-refractivity contribution < 1.29 is 8.42 Å². The Kier molecular flexibility index (Phi) is 6.07. The Bertz CT molecular complexity index is 386. The maximum absolute atomic E-state index is 12.5. The summed E-state index contributed by atoms with van der Waals surface area (Å²) >= 11 is 0. The molecule has 0 aromatic heterocycles. The molecular weight excluding hydrogens is 286 g/mol. The van der Waals surface area contributed by atoms with Crippen molar-refractivity contribution >= 4 is 22.6 Å². The Morgan fingerprint density at radius 1 is 1.21 bits per heavy atom. The first-order chi connectivity index (χ1) is 8.50. The highest BCUT2D eigenvalue weighted by molar-refractivity contribution is 7.86. The minimum absolute atomic E-state index is 0. The van der Waals surface area contributed by atoms with Gasteiger partial charge in [0.15, 0.2) is 0 Å². The second-order valence-corrected chi connectivity index (χ2v) is 7.36. The fourth-order valence-corrected chi connectivity index (χ4v) is 5.10. The maximum atomic E-state index is 12.5. The predicted octanol–water partition coefficient (Wildman–Crippen LogP) is 1.05. The van der Waals surface area contributed by atoms with E-state index >= 15 is 0 Å². The lowest BCUT2D eigenvalue weighted by molar-refractivity contribution is 0.260. The zero-order chi connectivity index (χ0) is 13.3. The smallest absolute Gasteiger partial charge is 0.281 e. The van der Waals surface area contributed by atoms with Gasteiger partial charge in [-0.2, -0.15) is 17.0 Å². The molecule has 0 aromatic rings. The fourth-order valence-electron chi connectivity index (χ4n) is 3.38. The van der Waals surface area contributed by atoms with Crippen molar-refractivity contribution in [3.05, 3.63) is 0 Å². The summed E-state index contributed by atoms with van der Waals surface area (Å²) in [6.45, 7) is 6.13. The first-order valence-corrected chi connectivity index (χ1v) is 8.41. The van der Waals surface area contributed by atoms with Crippen LogP contribution in [0.4, 0.5) is 0 Å². The highest BCUT2D eigenvalue weighted by Crippen LogP contribution is 2.37. The van der Waals surface area contributed by atoms with Crippen molar-refractivity contribution in [2.24, 2.45) is 17.6 Å². The summed E-state index contributed by atoms with van der Waals surface area (Å²) in [5, 5.41) is 0. The number of hydrogen-bond donors (Lipinski definition) is 1. The molecule has 0 amide bonds. The Balaban J connectivity index is 0.00000180. The van der Waals surface area contributed by atoms with Crippen LogP contribution in [-0.4, -0.2) is 49.2 Å². The van der Waals surface area contributed by atoms with Crippen molar-refractivity contribution in [2.45, 2.75) is 39.2 Å². The highest BCUT2D eigenvalue weighted by Gasteiger charge is 2.43. The lowest BCUT2D eigenvalue weighted by Crippen LogP contribution is -2.43. The number of nitrogens with two attached hydrogens (primary N) is 1. The lowest BCUT2D eigenvalue weighted by atomic mass is 9.78. The van der Waals surface area contributed by atoms with Gasteiger partial charge in [-0.05, 0) is 24.7 Å². The molecule has 2 rings (SSSR count). The molecule has 2 N–H and O–H groups in total. The van der Waals surface area contributed by atoms with Gasteiger partial charge < -0.3 is 5.73 Å². The quantitative estimate of drug-likeness (QED) is 0.844. The van der Waals surface area contributed by atoms with Gasteiger partial charge in [0.2, 0.25) is 0 Å². The summed E-state index contributed by atoms with van der Waals surface area (Å²) in [5.74, 6) is 0.836. The maximum Gasteiger partial charge on any atom is 0.281 e. The molecule has 0 bridgehead atoms.